The molecule has 1 aromatic heterocycles. The van der Waals surface area contributed by atoms with Gasteiger partial charge in [0.2, 0.25) is 5.91 Å². The van der Waals surface area contributed by atoms with Crippen molar-refractivity contribution in [3.05, 3.63) is 66.0 Å². The maximum Gasteiger partial charge on any atom is 0.253 e. The zero-order valence-electron chi connectivity index (χ0n) is 18.8. The molecule has 2 amide bonds. The second-order valence-corrected chi connectivity index (χ2v) is 9.16. The first-order valence-electron chi connectivity index (χ1n) is 10.7. The number of carbonyl (C=O) groups is 2. The third-order valence-electron chi connectivity index (χ3n) is 4.80. The second-order valence-electron chi connectivity index (χ2n) is 8.22. The van der Waals surface area contributed by atoms with Crippen molar-refractivity contribution in [3.8, 4) is 5.69 Å². The van der Waals surface area contributed by atoms with E-state index in [9.17, 15) is 9.59 Å². The van der Waals surface area contributed by atoms with Crippen LogP contribution < -0.4 is 10.6 Å². The normalized spacial score (nSPS) is 11.1. The Morgan fingerprint density at radius 1 is 1.03 bits per heavy atom. The van der Waals surface area contributed by atoms with Gasteiger partial charge in [0.25, 0.3) is 5.91 Å². The zero-order valence-corrected chi connectivity index (χ0v) is 19.6. The van der Waals surface area contributed by atoms with Crippen molar-refractivity contribution in [3.63, 3.8) is 0 Å². The van der Waals surface area contributed by atoms with Gasteiger partial charge in [-0.3, -0.25) is 14.2 Å². The lowest BCUT2D eigenvalue weighted by Gasteiger charge is -2.12. The van der Waals surface area contributed by atoms with Crippen LogP contribution in [0.2, 0.25) is 0 Å². The van der Waals surface area contributed by atoms with Crippen LogP contribution in [0.15, 0.2) is 60.0 Å². The molecule has 0 atom stereocenters. The lowest BCUT2D eigenvalue weighted by molar-refractivity contribution is -0.113. The molecule has 0 spiro atoms. The number of thioether (sulfide) groups is 1. The summed E-state index contributed by atoms with van der Waals surface area (Å²) in [7, 11) is 0. The number of benzene rings is 2. The number of hydrogen-bond acceptors (Lipinski definition) is 5. The molecule has 8 heteroatoms. The Bertz CT molecular complexity index is 1060. The molecular formula is C24H29N5O2S. The zero-order chi connectivity index (χ0) is 23.1. The summed E-state index contributed by atoms with van der Waals surface area (Å²) in [4.78, 5) is 25.1. The summed E-state index contributed by atoms with van der Waals surface area (Å²) in [6, 6.07) is 15.2. The van der Waals surface area contributed by atoms with Gasteiger partial charge in [-0.25, -0.2) is 0 Å². The molecule has 2 N–H and O–H groups in total. The minimum atomic E-state index is -0.219. The van der Waals surface area contributed by atoms with Crippen LogP contribution in [-0.2, 0) is 4.79 Å². The van der Waals surface area contributed by atoms with Gasteiger partial charge in [-0.2, -0.15) is 0 Å². The SMILES string of the molecule is CC(C)CNC(=O)c1ccccc1NC(=O)CSc1nncn1-c1ccc(C(C)C)cc1. The number of nitrogens with zero attached hydrogens (tertiary/aromatic N) is 3. The number of aromatic nitrogens is 3. The Hall–Kier alpha value is -3.13. The van der Waals surface area contributed by atoms with Crippen molar-refractivity contribution in [2.24, 2.45) is 5.92 Å². The molecule has 3 aromatic rings. The second kappa shape index (κ2) is 10.9. The molecule has 0 unspecified atom stereocenters. The number of amides is 2. The molecule has 1 heterocycles. The van der Waals surface area contributed by atoms with E-state index in [1.807, 2.05) is 30.5 Å². The van der Waals surface area contributed by atoms with Gasteiger partial charge < -0.3 is 10.6 Å². The molecule has 0 aliphatic heterocycles. The Morgan fingerprint density at radius 3 is 2.44 bits per heavy atom. The fraction of sp³-hybridized carbons (Fsp3) is 0.333. The highest BCUT2D eigenvalue weighted by atomic mass is 32.2. The number of nitrogens with one attached hydrogen (secondary N) is 2. The molecule has 0 bridgehead atoms. The van der Waals surface area contributed by atoms with E-state index in [1.54, 1.807) is 30.6 Å². The molecule has 3 rings (SSSR count). The summed E-state index contributed by atoms with van der Waals surface area (Å²) < 4.78 is 1.86. The Labute approximate surface area is 193 Å². The molecule has 7 nitrogen and oxygen atoms in total. The quantitative estimate of drug-likeness (QED) is 0.468. The topological polar surface area (TPSA) is 88.9 Å². The minimum absolute atomic E-state index is 0.144. The fourth-order valence-electron chi connectivity index (χ4n) is 3.02. The summed E-state index contributed by atoms with van der Waals surface area (Å²) >= 11 is 1.29. The van der Waals surface area contributed by atoms with Crippen LogP contribution in [0, 0.1) is 5.92 Å². The van der Waals surface area contributed by atoms with Crippen LogP contribution in [0.4, 0.5) is 5.69 Å². The lowest BCUT2D eigenvalue weighted by Crippen LogP contribution is -2.28. The van der Waals surface area contributed by atoms with Crippen molar-refractivity contribution >= 4 is 29.3 Å². The van der Waals surface area contributed by atoms with E-state index in [0.717, 1.165) is 5.69 Å². The number of anilines is 1. The molecular weight excluding hydrogens is 422 g/mol. The van der Waals surface area contributed by atoms with Crippen LogP contribution >= 0.6 is 11.8 Å². The van der Waals surface area contributed by atoms with Crippen molar-refractivity contribution in [1.29, 1.82) is 0 Å². The number of carbonyl (C=O) groups excluding carboxylic acids is 2. The molecule has 2 aromatic carbocycles. The van der Waals surface area contributed by atoms with E-state index < -0.39 is 0 Å². The maximum atomic E-state index is 12.6. The highest BCUT2D eigenvalue weighted by Crippen LogP contribution is 2.22. The van der Waals surface area contributed by atoms with E-state index in [1.165, 1.54) is 17.3 Å². The molecule has 32 heavy (non-hydrogen) atoms. The van der Waals surface area contributed by atoms with Crippen LogP contribution in [-0.4, -0.2) is 38.9 Å². The van der Waals surface area contributed by atoms with Crippen molar-refractivity contribution < 1.29 is 9.59 Å². The average Bonchev–Trinajstić information content (AvgIpc) is 3.25. The predicted octanol–water partition coefficient (Wildman–Crippen LogP) is 4.51. The van der Waals surface area contributed by atoms with E-state index in [4.69, 9.17) is 0 Å². The summed E-state index contributed by atoms with van der Waals surface area (Å²) in [5, 5.41) is 14.5. The fourth-order valence-corrected chi connectivity index (χ4v) is 3.75. The Balaban J connectivity index is 1.63. The highest BCUT2D eigenvalue weighted by molar-refractivity contribution is 7.99. The first-order valence-corrected chi connectivity index (χ1v) is 11.6. The smallest absolute Gasteiger partial charge is 0.253 e. The van der Waals surface area contributed by atoms with Gasteiger partial charge in [-0.15, -0.1) is 10.2 Å². The molecule has 0 saturated carbocycles. The highest BCUT2D eigenvalue weighted by Gasteiger charge is 2.15. The first-order chi connectivity index (χ1) is 15.3. The van der Waals surface area contributed by atoms with Crippen LogP contribution in [0.3, 0.4) is 0 Å². The first kappa shape index (κ1) is 23.5. The monoisotopic (exact) mass is 451 g/mol. The summed E-state index contributed by atoms with van der Waals surface area (Å²) in [6.45, 7) is 8.94. The average molecular weight is 452 g/mol. The molecule has 0 aliphatic carbocycles. The van der Waals surface area contributed by atoms with Gasteiger partial charge in [0, 0.05) is 12.2 Å². The van der Waals surface area contributed by atoms with Gasteiger partial charge in [-0.05, 0) is 41.7 Å². The van der Waals surface area contributed by atoms with Gasteiger partial charge in [0.15, 0.2) is 5.16 Å². The molecule has 0 saturated heterocycles. The number of para-hydroxylation sites is 1. The third kappa shape index (κ3) is 6.20. The summed E-state index contributed by atoms with van der Waals surface area (Å²) in [6.07, 6.45) is 1.64. The van der Waals surface area contributed by atoms with Crippen molar-refractivity contribution in [2.75, 3.05) is 17.6 Å². The van der Waals surface area contributed by atoms with Gasteiger partial charge >= 0.3 is 0 Å². The summed E-state index contributed by atoms with van der Waals surface area (Å²) in [5.74, 6) is 0.523. The van der Waals surface area contributed by atoms with E-state index in [0.29, 0.717) is 34.8 Å². The van der Waals surface area contributed by atoms with Gasteiger partial charge in [-0.1, -0.05) is 63.7 Å². The van der Waals surface area contributed by atoms with E-state index >= 15 is 0 Å². The number of rotatable bonds is 9. The predicted molar refractivity (Wildman–Crippen MR) is 128 cm³/mol. The maximum absolute atomic E-state index is 12.6. The van der Waals surface area contributed by atoms with Crippen LogP contribution in [0.25, 0.3) is 5.69 Å². The Kier molecular flexibility index (Phi) is 8.05. The lowest BCUT2D eigenvalue weighted by atomic mass is 10.0. The summed E-state index contributed by atoms with van der Waals surface area (Å²) in [5.41, 5.74) is 3.13. The van der Waals surface area contributed by atoms with Crippen molar-refractivity contribution in [2.45, 2.75) is 38.8 Å². The number of hydrogen-bond donors (Lipinski definition) is 2. The van der Waals surface area contributed by atoms with E-state index in [2.05, 4.69) is 46.8 Å². The van der Waals surface area contributed by atoms with Gasteiger partial charge in [0.1, 0.15) is 6.33 Å². The van der Waals surface area contributed by atoms with E-state index in [-0.39, 0.29) is 17.6 Å². The molecule has 0 fully saturated rings. The standard InChI is InChI=1S/C24H29N5O2S/c1-16(2)13-25-23(31)20-7-5-6-8-21(20)27-22(30)14-32-24-28-26-15-29(24)19-11-9-18(10-12-19)17(3)4/h5-12,15-17H,13-14H2,1-4H3,(H,25,31)(H,27,30). The minimum Gasteiger partial charge on any atom is -0.352 e. The van der Waals surface area contributed by atoms with Crippen LogP contribution in [0.5, 0.6) is 0 Å². The van der Waals surface area contributed by atoms with Crippen molar-refractivity contribution in [1.82, 2.24) is 20.1 Å². The molecule has 0 radical (unpaired) electrons. The van der Waals surface area contributed by atoms with Crippen LogP contribution in [0.1, 0.15) is 49.5 Å². The molecule has 168 valence electrons. The largest absolute Gasteiger partial charge is 0.352 e. The Morgan fingerprint density at radius 2 is 1.75 bits per heavy atom. The molecule has 0 aliphatic rings. The third-order valence-corrected chi connectivity index (χ3v) is 5.75. The van der Waals surface area contributed by atoms with Gasteiger partial charge in [0.05, 0.1) is 17.0 Å².